The smallest absolute Gasteiger partial charge is 0.322 e. The van der Waals surface area contributed by atoms with E-state index in [1.165, 1.54) is 0 Å². The number of methoxy groups -OCH3 is 1. The van der Waals surface area contributed by atoms with Crippen LogP contribution in [0.3, 0.4) is 0 Å². The van der Waals surface area contributed by atoms with Crippen molar-refractivity contribution in [3.05, 3.63) is 84.3 Å². The largest absolute Gasteiger partial charge is 0.491 e. The molecule has 0 aliphatic carbocycles. The maximum absolute atomic E-state index is 13.1. The lowest BCUT2D eigenvalue weighted by atomic mass is 10.2. The minimum absolute atomic E-state index is 0.224. The van der Waals surface area contributed by atoms with Gasteiger partial charge in [0.15, 0.2) is 0 Å². The standard InChI is InChI=1S/C23H26N2O4/c1-27-14-8-16-29-22-13-6-5-12-21(22)24-23(26)25(18-20-11-7-15-28-20)17-19-9-3-2-4-10-19/h2-7,9-13,15H,8,14,16-18H2,1H3,(H,24,26). The van der Waals surface area contributed by atoms with Crippen molar-refractivity contribution in [2.24, 2.45) is 0 Å². The van der Waals surface area contributed by atoms with Gasteiger partial charge < -0.3 is 24.1 Å². The summed E-state index contributed by atoms with van der Waals surface area (Å²) in [5, 5.41) is 2.97. The van der Waals surface area contributed by atoms with Gasteiger partial charge in [0.2, 0.25) is 0 Å². The number of urea groups is 1. The molecule has 0 aliphatic rings. The molecule has 1 heterocycles. The zero-order valence-corrected chi connectivity index (χ0v) is 16.5. The number of hydrogen-bond donors (Lipinski definition) is 1. The lowest BCUT2D eigenvalue weighted by Gasteiger charge is -2.23. The normalized spacial score (nSPS) is 10.5. The van der Waals surface area contributed by atoms with Crippen LogP contribution in [-0.4, -0.2) is 31.3 Å². The minimum atomic E-state index is -0.224. The van der Waals surface area contributed by atoms with E-state index in [9.17, 15) is 4.79 Å². The Balaban J connectivity index is 1.70. The Kier molecular flexibility index (Phi) is 7.72. The number of para-hydroxylation sites is 2. The maximum atomic E-state index is 13.1. The highest BCUT2D eigenvalue weighted by molar-refractivity contribution is 5.90. The number of furan rings is 1. The molecule has 0 unspecified atom stereocenters. The first-order valence-corrected chi connectivity index (χ1v) is 9.59. The maximum Gasteiger partial charge on any atom is 0.322 e. The molecule has 0 saturated heterocycles. The molecule has 6 nitrogen and oxygen atoms in total. The summed E-state index contributed by atoms with van der Waals surface area (Å²) in [6, 6.07) is 20.7. The highest BCUT2D eigenvalue weighted by Gasteiger charge is 2.17. The Bertz CT molecular complexity index is 866. The zero-order chi connectivity index (χ0) is 20.3. The van der Waals surface area contributed by atoms with Crippen LogP contribution in [0.5, 0.6) is 5.75 Å². The molecular weight excluding hydrogens is 368 g/mol. The van der Waals surface area contributed by atoms with E-state index in [4.69, 9.17) is 13.9 Å². The summed E-state index contributed by atoms with van der Waals surface area (Å²) in [6.07, 6.45) is 2.38. The molecule has 0 fully saturated rings. The molecule has 6 heteroatoms. The Morgan fingerprint density at radius 2 is 1.76 bits per heavy atom. The summed E-state index contributed by atoms with van der Waals surface area (Å²) in [5.41, 5.74) is 1.67. The summed E-state index contributed by atoms with van der Waals surface area (Å²) in [5.74, 6) is 1.36. The van der Waals surface area contributed by atoms with E-state index in [1.807, 2.05) is 66.7 Å². The third-order valence-corrected chi connectivity index (χ3v) is 4.31. The summed E-state index contributed by atoms with van der Waals surface area (Å²) in [7, 11) is 1.66. The molecule has 3 aromatic rings. The summed E-state index contributed by atoms with van der Waals surface area (Å²) >= 11 is 0. The Morgan fingerprint density at radius 3 is 2.52 bits per heavy atom. The predicted molar refractivity (Wildman–Crippen MR) is 112 cm³/mol. The molecule has 0 spiro atoms. The summed E-state index contributed by atoms with van der Waals surface area (Å²) in [4.78, 5) is 14.8. The van der Waals surface area contributed by atoms with Crippen molar-refractivity contribution in [2.45, 2.75) is 19.5 Å². The number of rotatable bonds is 10. The van der Waals surface area contributed by atoms with Crippen LogP contribution in [0.4, 0.5) is 10.5 Å². The molecule has 29 heavy (non-hydrogen) atoms. The lowest BCUT2D eigenvalue weighted by Crippen LogP contribution is -2.34. The fourth-order valence-corrected chi connectivity index (χ4v) is 2.87. The quantitative estimate of drug-likeness (QED) is 0.495. The van der Waals surface area contributed by atoms with Crippen LogP contribution in [0.2, 0.25) is 0 Å². The zero-order valence-electron chi connectivity index (χ0n) is 16.5. The molecule has 3 rings (SSSR count). The lowest BCUT2D eigenvalue weighted by molar-refractivity contribution is 0.172. The molecule has 0 aliphatic heterocycles. The van der Waals surface area contributed by atoms with Crippen molar-refractivity contribution in [3.63, 3.8) is 0 Å². The molecule has 1 aromatic heterocycles. The Morgan fingerprint density at radius 1 is 0.966 bits per heavy atom. The minimum Gasteiger partial charge on any atom is -0.491 e. The van der Waals surface area contributed by atoms with Gasteiger partial charge in [0.05, 0.1) is 25.1 Å². The summed E-state index contributed by atoms with van der Waals surface area (Å²) in [6.45, 7) is 1.97. The van der Waals surface area contributed by atoms with Crippen molar-refractivity contribution in [1.29, 1.82) is 0 Å². The molecule has 0 radical (unpaired) electrons. The van der Waals surface area contributed by atoms with Crippen LogP contribution in [0.15, 0.2) is 77.4 Å². The first-order valence-electron chi connectivity index (χ1n) is 9.59. The van der Waals surface area contributed by atoms with Crippen molar-refractivity contribution < 1.29 is 18.7 Å². The van der Waals surface area contributed by atoms with E-state index < -0.39 is 0 Å². The molecule has 0 atom stereocenters. The van der Waals surface area contributed by atoms with E-state index in [1.54, 1.807) is 18.3 Å². The van der Waals surface area contributed by atoms with E-state index in [-0.39, 0.29) is 6.03 Å². The number of nitrogens with one attached hydrogen (secondary N) is 1. The van der Waals surface area contributed by atoms with Gasteiger partial charge in [-0.05, 0) is 29.8 Å². The highest BCUT2D eigenvalue weighted by Crippen LogP contribution is 2.25. The van der Waals surface area contributed by atoms with E-state index in [2.05, 4.69) is 5.32 Å². The topological polar surface area (TPSA) is 63.9 Å². The van der Waals surface area contributed by atoms with Crippen LogP contribution in [0, 0.1) is 0 Å². The number of hydrogen-bond acceptors (Lipinski definition) is 4. The van der Waals surface area contributed by atoms with Crippen LogP contribution in [0.1, 0.15) is 17.7 Å². The fourth-order valence-electron chi connectivity index (χ4n) is 2.87. The summed E-state index contributed by atoms with van der Waals surface area (Å²) < 4.78 is 16.3. The van der Waals surface area contributed by atoms with E-state index >= 15 is 0 Å². The number of carbonyl (C=O) groups excluding carboxylic acids is 1. The number of ether oxygens (including phenoxy) is 2. The Labute approximate surface area is 171 Å². The molecule has 2 amide bonds. The van der Waals surface area contributed by atoms with Crippen LogP contribution >= 0.6 is 0 Å². The van der Waals surface area contributed by atoms with Gasteiger partial charge in [0, 0.05) is 26.7 Å². The monoisotopic (exact) mass is 394 g/mol. The number of carbonyl (C=O) groups is 1. The van der Waals surface area contributed by atoms with Crippen molar-refractivity contribution in [3.8, 4) is 5.75 Å². The fraction of sp³-hybridized carbons (Fsp3) is 0.261. The van der Waals surface area contributed by atoms with Gasteiger partial charge in [-0.1, -0.05) is 42.5 Å². The average molecular weight is 394 g/mol. The molecule has 0 saturated carbocycles. The number of benzene rings is 2. The highest BCUT2D eigenvalue weighted by atomic mass is 16.5. The molecule has 152 valence electrons. The first kappa shape index (κ1) is 20.5. The third kappa shape index (κ3) is 6.40. The van der Waals surface area contributed by atoms with Crippen LogP contribution in [-0.2, 0) is 17.8 Å². The van der Waals surface area contributed by atoms with Gasteiger partial charge in [-0.25, -0.2) is 4.79 Å². The van der Waals surface area contributed by atoms with Crippen molar-refractivity contribution in [1.82, 2.24) is 4.90 Å². The third-order valence-electron chi connectivity index (χ3n) is 4.31. The first-order chi connectivity index (χ1) is 14.3. The van der Waals surface area contributed by atoms with Gasteiger partial charge in [0.1, 0.15) is 11.5 Å². The van der Waals surface area contributed by atoms with Crippen LogP contribution in [0.25, 0.3) is 0 Å². The SMILES string of the molecule is COCCCOc1ccccc1NC(=O)N(Cc1ccccc1)Cc1ccco1. The second-order valence-electron chi connectivity index (χ2n) is 6.54. The Hall–Kier alpha value is -3.25. The van der Waals surface area contributed by atoms with E-state index in [0.717, 1.165) is 17.7 Å². The van der Waals surface area contributed by atoms with Crippen molar-refractivity contribution in [2.75, 3.05) is 25.6 Å². The average Bonchev–Trinajstić information content (AvgIpc) is 3.26. The second kappa shape index (κ2) is 10.9. The van der Waals surface area contributed by atoms with Crippen molar-refractivity contribution >= 4 is 11.7 Å². The number of anilines is 1. The van der Waals surface area contributed by atoms with Gasteiger partial charge in [-0.3, -0.25) is 0 Å². The number of nitrogens with zero attached hydrogens (tertiary/aromatic N) is 1. The van der Waals surface area contributed by atoms with Crippen LogP contribution < -0.4 is 10.1 Å². The second-order valence-corrected chi connectivity index (χ2v) is 6.54. The number of amides is 2. The van der Waals surface area contributed by atoms with Gasteiger partial charge >= 0.3 is 6.03 Å². The predicted octanol–water partition coefficient (Wildman–Crippen LogP) is 4.93. The van der Waals surface area contributed by atoms with E-state index in [0.29, 0.717) is 37.7 Å². The van der Waals surface area contributed by atoms with Gasteiger partial charge in [-0.15, -0.1) is 0 Å². The van der Waals surface area contributed by atoms with Gasteiger partial charge in [0.25, 0.3) is 0 Å². The molecule has 0 bridgehead atoms. The molecule has 1 N–H and O–H groups in total. The molecule has 2 aromatic carbocycles. The van der Waals surface area contributed by atoms with Gasteiger partial charge in [-0.2, -0.15) is 0 Å². The molecular formula is C23H26N2O4.